The Bertz CT molecular complexity index is 485. The van der Waals surface area contributed by atoms with E-state index >= 15 is 0 Å². The number of hydrogen-bond acceptors (Lipinski definition) is 2. The Morgan fingerprint density at radius 1 is 1.37 bits per heavy atom. The molecule has 2 rings (SSSR count). The molecule has 1 aliphatic rings. The van der Waals surface area contributed by atoms with E-state index in [1.54, 1.807) is 0 Å². The normalized spacial score (nSPS) is 18.8. The van der Waals surface area contributed by atoms with Crippen LogP contribution in [0.25, 0.3) is 0 Å². The van der Waals surface area contributed by atoms with Crippen molar-refractivity contribution < 1.29 is 13.2 Å². The monoisotopic (exact) mass is 334 g/mol. The van der Waals surface area contributed by atoms with Gasteiger partial charge in [0.05, 0.1) is 11.7 Å². The third kappa shape index (κ3) is 3.23. The van der Waals surface area contributed by atoms with Crippen LogP contribution in [0.3, 0.4) is 0 Å². The maximum absolute atomic E-state index is 12.7. The van der Waals surface area contributed by atoms with E-state index < -0.39 is 11.7 Å². The standard InChI is InChI=1S/C13H14BrF3N2/c1-2-12-18-5-6-19(12)8-9-7-10(13(15,16)17)3-4-11(9)14/h3-7,12,18H,2,8H2,1H3. The first-order chi connectivity index (χ1) is 8.91. The van der Waals surface area contributed by atoms with Crippen molar-refractivity contribution >= 4 is 15.9 Å². The Balaban J connectivity index is 2.22. The van der Waals surface area contributed by atoms with Crippen molar-refractivity contribution in [3.63, 3.8) is 0 Å². The van der Waals surface area contributed by atoms with Gasteiger partial charge in [0.15, 0.2) is 0 Å². The molecule has 1 heterocycles. The van der Waals surface area contributed by atoms with Crippen molar-refractivity contribution in [1.29, 1.82) is 0 Å². The highest BCUT2D eigenvalue weighted by Gasteiger charge is 2.31. The molecule has 19 heavy (non-hydrogen) atoms. The van der Waals surface area contributed by atoms with Gasteiger partial charge in [0.1, 0.15) is 0 Å². The van der Waals surface area contributed by atoms with E-state index in [0.717, 1.165) is 12.5 Å². The molecule has 1 atom stereocenters. The Labute approximate surface area is 118 Å². The molecule has 0 fully saturated rings. The predicted molar refractivity (Wildman–Crippen MR) is 71.0 cm³/mol. The smallest absolute Gasteiger partial charge is 0.370 e. The first-order valence-corrected chi connectivity index (χ1v) is 6.75. The summed E-state index contributed by atoms with van der Waals surface area (Å²) in [5.74, 6) is 0. The van der Waals surface area contributed by atoms with Crippen molar-refractivity contribution in [2.75, 3.05) is 0 Å². The molecule has 0 radical (unpaired) electrons. The van der Waals surface area contributed by atoms with Crippen LogP contribution in [0.1, 0.15) is 24.5 Å². The molecule has 104 valence electrons. The Morgan fingerprint density at radius 3 is 2.74 bits per heavy atom. The molecule has 0 spiro atoms. The first-order valence-electron chi connectivity index (χ1n) is 5.96. The zero-order valence-corrected chi connectivity index (χ0v) is 11.9. The van der Waals surface area contributed by atoms with Crippen LogP contribution in [0.15, 0.2) is 35.1 Å². The van der Waals surface area contributed by atoms with E-state index in [-0.39, 0.29) is 6.17 Å². The second-order valence-electron chi connectivity index (χ2n) is 4.38. The van der Waals surface area contributed by atoms with Crippen LogP contribution in [0.2, 0.25) is 0 Å². The molecule has 0 aliphatic carbocycles. The van der Waals surface area contributed by atoms with Gasteiger partial charge in [0, 0.05) is 23.4 Å². The van der Waals surface area contributed by atoms with E-state index in [0.29, 0.717) is 16.6 Å². The van der Waals surface area contributed by atoms with Crippen LogP contribution in [0, 0.1) is 0 Å². The quantitative estimate of drug-likeness (QED) is 0.895. The van der Waals surface area contributed by atoms with Crippen LogP contribution in [0.4, 0.5) is 13.2 Å². The highest BCUT2D eigenvalue weighted by Crippen LogP contribution is 2.32. The fourth-order valence-electron chi connectivity index (χ4n) is 2.03. The summed E-state index contributed by atoms with van der Waals surface area (Å²) in [6.45, 7) is 2.46. The van der Waals surface area contributed by atoms with Crippen LogP contribution in [-0.4, -0.2) is 11.1 Å². The number of nitrogens with zero attached hydrogens (tertiary/aromatic N) is 1. The van der Waals surface area contributed by atoms with Gasteiger partial charge in [-0.3, -0.25) is 0 Å². The maximum Gasteiger partial charge on any atom is 0.416 e. The molecule has 0 amide bonds. The van der Waals surface area contributed by atoms with Crippen molar-refractivity contribution in [2.45, 2.75) is 32.2 Å². The zero-order chi connectivity index (χ0) is 14.0. The molecular formula is C13H14BrF3N2. The predicted octanol–water partition coefficient (Wildman–Crippen LogP) is 4.08. The third-order valence-electron chi connectivity index (χ3n) is 3.07. The second kappa shape index (κ2) is 5.45. The van der Waals surface area contributed by atoms with Crippen LogP contribution < -0.4 is 5.32 Å². The molecule has 1 N–H and O–H groups in total. The van der Waals surface area contributed by atoms with E-state index in [1.807, 2.05) is 24.2 Å². The van der Waals surface area contributed by atoms with Gasteiger partial charge in [0.2, 0.25) is 0 Å². The van der Waals surface area contributed by atoms with E-state index in [4.69, 9.17) is 0 Å². The summed E-state index contributed by atoms with van der Waals surface area (Å²) in [6, 6.07) is 3.73. The summed E-state index contributed by atoms with van der Waals surface area (Å²) >= 11 is 3.31. The number of alkyl halides is 3. The lowest BCUT2D eigenvalue weighted by Gasteiger charge is -2.25. The lowest BCUT2D eigenvalue weighted by molar-refractivity contribution is -0.137. The molecular weight excluding hydrogens is 321 g/mol. The average Bonchev–Trinajstić information content (AvgIpc) is 2.77. The number of rotatable bonds is 3. The van der Waals surface area contributed by atoms with Crippen molar-refractivity contribution in [3.05, 3.63) is 46.2 Å². The summed E-state index contributed by atoms with van der Waals surface area (Å²) in [7, 11) is 0. The maximum atomic E-state index is 12.7. The fourth-order valence-corrected chi connectivity index (χ4v) is 2.41. The number of hydrogen-bond donors (Lipinski definition) is 1. The molecule has 2 nitrogen and oxygen atoms in total. The summed E-state index contributed by atoms with van der Waals surface area (Å²) in [4.78, 5) is 1.99. The summed E-state index contributed by atoms with van der Waals surface area (Å²) in [5.41, 5.74) is 0.0107. The third-order valence-corrected chi connectivity index (χ3v) is 3.84. The van der Waals surface area contributed by atoms with Gasteiger partial charge in [-0.05, 0) is 30.2 Å². The second-order valence-corrected chi connectivity index (χ2v) is 5.24. The Hall–Kier alpha value is -1.17. The molecule has 0 saturated carbocycles. The lowest BCUT2D eigenvalue weighted by atomic mass is 10.1. The molecule has 6 heteroatoms. The Kier molecular flexibility index (Phi) is 4.08. The minimum Gasteiger partial charge on any atom is -0.370 e. The summed E-state index contributed by atoms with van der Waals surface area (Å²) in [6.07, 6.45) is 0.389. The summed E-state index contributed by atoms with van der Waals surface area (Å²) in [5, 5.41) is 3.15. The molecule has 1 aromatic carbocycles. The van der Waals surface area contributed by atoms with E-state index in [9.17, 15) is 13.2 Å². The van der Waals surface area contributed by atoms with Gasteiger partial charge in [-0.25, -0.2) is 0 Å². The van der Waals surface area contributed by atoms with Gasteiger partial charge in [-0.2, -0.15) is 13.2 Å². The molecule has 1 aromatic rings. The molecule has 0 saturated heterocycles. The molecule has 1 aliphatic heterocycles. The minimum atomic E-state index is -4.31. The number of benzene rings is 1. The molecule has 0 aromatic heterocycles. The Morgan fingerprint density at radius 2 is 2.11 bits per heavy atom. The largest absolute Gasteiger partial charge is 0.416 e. The minimum absolute atomic E-state index is 0.140. The highest BCUT2D eigenvalue weighted by molar-refractivity contribution is 9.10. The topological polar surface area (TPSA) is 15.3 Å². The van der Waals surface area contributed by atoms with Crippen molar-refractivity contribution in [2.24, 2.45) is 0 Å². The highest BCUT2D eigenvalue weighted by atomic mass is 79.9. The molecule has 1 unspecified atom stereocenters. The average molecular weight is 335 g/mol. The van der Waals surface area contributed by atoms with Crippen LogP contribution in [-0.2, 0) is 12.7 Å². The van der Waals surface area contributed by atoms with Gasteiger partial charge in [-0.15, -0.1) is 0 Å². The van der Waals surface area contributed by atoms with Crippen LogP contribution in [0.5, 0.6) is 0 Å². The summed E-state index contributed by atoms with van der Waals surface area (Å²) < 4.78 is 38.8. The van der Waals surface area contributed by atoms with Crippen molar-refractivity contribution in [3.8, 4) is 0 Å². The van der Waals surface area contributed by atoms with E-state index in [1.165, 1.54) is 12.1 Å². The van der Waals surface area contributed by atoms with Gasteiger partial charge in [0.25, 0.3) is 0 Å². The SMILES string of the molecule is CCC1NC=CN1Cc1cc(C(F)(F)F)ccc1Br. The van der Waals surface area contributed by atoms with Gasteiger partial charge >= 0.3 is 6.18 Å². The fraction of sp³-hybridized carbons (Fsp3) is 0.385. The molecule has 0 bridgehead atoms. The first kappa shape index (κ1) is 14.2. The number of nitrogens with one attached hydrogen (secondary N) is 1. The number of halogens is 4. The zero-order valence-electron chi connectivity index (χ0n) is 10.3. The lowest BCUT2D eigenvalue weighted by Crippen LogP contribution is -2.34. The van der Waals surface area contributed by atoms with Gasteiger partial charge < -0.3 is 10.2 Å². The van der Waals surface area contributed by atoms with Crippen LogP contribution >= 0.6 is 15.9 Å². The van der Waals surface area contributed by atoms with Gasteiger partial charge in [-0.1, -0.05) is 22.9 Å². The van der Waals surface area contributed by atoms with Crippen molar-refractivity contribution in [1.82, 2.24) is 10.2 Å². The van der Waals surface area contributed by atoms with E-state index in [2.05, 4.69) is 21.2 Å².